The van der Waals surface area contributed by atoms with E-state index in [2.05, 4.69) is 24.1 Å². The quantitative estimate of drug-likeness (QED) is 0.562. The second-order valence-electron chi connectivity index (χ2n) is 3.92. The molecule has 0 aliphatic carbocycles. The number of carbonyl (C=O) groups excluding carboxylic acids is 1. The van der Waals surface area contributed by atoms with Crippen LogP contribution in [0.2, 0.25) is 0 Å². The highest BCUT2D eigenvalue weighted by Crippen LogP contribution is 2.20. The molecular weight excluding hydrogens is 176 g/mol. The third-order valence-corrected chi connectivity index (χ3v) is 2.26. The average molecular weight is 192 g/mol. The molecule has 1 aromatic rings. The molecule has 0 fully saturated rings. The lowest BCUT2D eigenvalue weighted by atomic mass is 9.85. The molecule has 0 radical (unpaired) electrons. The molecule has 3 nitrogen and oxygen atoms in total. The second-order valence-corrected chi connectivity index (χ2v) is 3.92. The Labute approximate surface area is 84.6 Å². The highest BCUT2D eigenvalue weighted by atomic mass is 16.1. The van der Waals surface area contributed by atoms with Crippen LogP contribution in [0, 0.1) is 0 Å². The van der Waals surface area contributed by atoms with E-state index < -0.39 is 0 Å². The number of aldehydes is 1. The van der Waals surface area contributed by atoms with Crippen LogP contribution in [-0.2, 0) is 10.2 Å². The minimum Gasteiger partial charge on any atom is -0.309 e. The van der Waals surface area contributed by atoms with Gasteiger partial charge in [-0.3, -0.25) is 4.98 Å². The van der Waals surface area contributed by atoms with Gasteiger partial charge in [-0.1, -0.05) is 13.8 Å². The number of hydrogen-bond acceptors (Lipinski definition) is 3. The molecule has 0 bridgehead atoms. The van der Waals surface area contributed by atoms with Gasteiger partial charge in [0.1, 0.15) is 6.29 Å². The first kappa shape index (κ1) is 10.9. The highest BCUT2D eigenvalue weighted by Gasteiger charge is 2.19. The number of nitrogens with one attached hydrogen (secondary N) is 1. The van der Waals surface area contributed by atoms with Crippen molar-refractivity contribution in [3.63, 3.8) is 0 Å². The number of pyridine rings is 1. The Bertz CT molecular complexity index is 283. The van der Waals surface area contributed by atoms with E-state index in [4.69, 9.17) is 0 Å². The van der Waals surface area contributed by atoms with Crippen LogP contribution in [0.3, 0.4) is 0 Å². The predicted molar refractivity (Wildman–Crippen MR) is 56.2 cm³/mol. The lowest BCUT2D eigenvalue weighted by molar-refractivity contribution is -0.107. The zero-order valence-electron chi connectivity index (χ0n) is 8.66. The van der Waals surface area contributed by atoms with Gasteiger partial charge in [-0.05, 0) is 17.7 Å². The van der Waals surface area contributed by atoms with Gasteiger partial charge in [0.25, 0.3) is 0 Å². The lowest BCUT2D eigenvalue weighted by Crippen LogP contribution is -2.33. The van der Waals surface area contributed by atoms with Crippen LogP contribution < -0.4 is 5.32 Å². The van der Waals surface area contributed by atoms with Crippen LogP contribution in [-0.4, -0.2) is 24.4 Å². The summed E-state index contributed by atoms with van der Waals surface area (Å²) in [5.74, 6) is 0. The Kier molecular flexibility index (Phi) is 3.77. The first-order chi connectivity index (χ1) is 6.67. The first-order valence-electron chi connectivity index (χ1n) is 4.72. The Morgan fingerprint density at radius 3 is 2.64 bits per heavy atom. The smallest absolute Gasteiger partial charge is 0.133 e. The molecule has 0 amide bonds. The largest absolute Gasteiger partial charge is 0.309 e. The normalized spacial score (nSPS) is 11.3. The van der Waals surface area contributed by atoms with Crippen molar-refractivity contribution in [3.8, 4) is 0 Å². The van der Waals surface area contributed by atoms with Crippen LogP contribution in [0.4, 0.5) is 0 Å². The fourth-order valence-electron chi connectivity index (χ4n) is 1.35. The molecule has 3 heteroatoms. The second kappa shape index (κ2) is 4.86. The zero-order chi connectivity index (χ0) is 10.4. The van der Waals surface area contributed by atoms with E-state index in [9.17, 15) is 4.79 Å². The van der Waals surface area contributed by atoms with Crippen LogP contribution in [0.5, 0.6) is 0 Å². The molecule has 1 rings (SSSR count). The van der Waals surface area contributed by atoms with Gasteiger partial charge < -0.3 is 10.1 Å². The van der Waals surface area contributed by atoms with Crippen molar-refractivity contribution >= 4 is 6.29 Å². The van der Waals surface area contributed by atoms with Gasteiger partial charge >= 0.3 is 0 Å². The maximum absolute atomic E-state index is 10.2. The molecule has 14 heavy (non-hydrogen) atoms. The molecule has 0 aromatic carbocycles. The summed E-state index contributed by atoms with van der Waals surface area (Å²) >= 11 is 0. The predicted octanol–water partition coefficient (Wildman–Crippen LogP) is 1.15. The van der Waals surface area contributed by atoms with Crippen molar-refractivity contribution < 1.29 is 4.79 Å². The minimum atomic E-state index is 0.0337. The summed E-state index contributed by atoms with van der Waals surface area (Å²) in [6.07, 6.45) is 4.45. The van der Waals surface area contributed by atoms with Crippen LogP contribution in [0.15, 0.2) is 24.5 Å². The summed E-state index contributed by atoms with van der Waals surface area (Å²) in [4.78, 5) is 14.1. The number of rotatable bonds is 5. The van der Waals surface area contributed by atoms with E-state index in [1.807, 2.05) is 12.1 Å². The monoisotopic (exact) mass is 192 g/mol. The Balaban J connectivity index is 2.61. The third-order valence-electron chi connectivity index (χ3n) is 2.26. The molecule has 0 spiro atoms. The fraction of sp³-hybridized carbons (Fsp3) is 0.455. The van der Waals surface area contributed by atoms with Gasteiger partial charge in [0, 0.05) is 24.4 Å². The van der Waals surface area contributed by atoms with Crippen LogP contribution >= 0.6 is 0 Å². The molecule has 0 atom stereocenters. The molecule has 0 saturated heterocycles. The number of aromatic nitrogens is 1. The lowest BCUT2D eigenvalue weighted by Gasteiger charge is -2.25. The fourth-order valence-corrected chi connectivity index (χ4v) is 1.35. The van der Waals surface area contributed by atoms with Crippen molar-refractivity contribution in [1.29, 1.82) is 0 Å². The van der Waals surface area contributed by atoms with Gasteiger partial charge in [-0.15, -0.1) is 0 Å². The van der Waals surface area contributed by atoms with Gasteiger partial charge in [0.2, 0.25) is 0 Å². The topological polar surface area (TPSA) is 42.0 Å². The number of carbonyl (C=O) groups is 1. The molecule has 0 saturated carbocycles. The Morgan fingerprint density at radius 1 is 1.43 bits per heavy atom. The van der Waals surface area contributed by atoms with E-state index in [1.165, 1.54) is 5.56 Å². The maximum atomic E-state index is 10.2. The molecular formula is C11H16N2O. The van der Waals surface area contributed by atoms with E-state index >= 15 is 0 Å². The molecule has 1 aromatic heterocycles. The summed E-state index contributed by atoms with van der Waals surface area (Å²) in [6, 6.07) is 4.01. The number of hydrogen-bond donors (Lipinski definition) is 1. The van der Waals surface area contributed by atoms with Crippen molar-refractivity contribution in [2.45, 2.75) is 19.3 Å². The standard InChI is InChI=1S/C11H16N2O/c1-11(2,9-13-7-8-14)10-3-5-12-6-4-10/h3-6,8,13H,7,9H2,1-2H3. The summed E-state index contributed by atoms with van der Waals surface area (Å²) in [5, 5.41) is 3.09. The zero-order valence-corrected chi connectivity index (χ0v) is 8.66. The van der Waals surface area contributed by atoms with Crippen LogP contribution in [0.1, 0.15) is 19.4 Å². The van der Waals surface area contributed by atoms with Gasteiger partial charge in [0.05, 0.1) is 6.54 Å². The van der Waals surface area contributed by atoms with E-state index in [0.717, 1.165) is 12.8 Å². The van der Waals surface area contributed by atoms with E-state index in [1.54, 1.807) is 12.4 Å². The Hall–Kier alpha value is -1.22. The maximum Gasteiger partial charge on any atom is 0.133 e. The van der Waals surface area contributed by atoms with Crippen molar-refractivity contribution in [2.75, 3.05) is 13.1 Å². The summed E-state index contributed by atoms with van der Waals surface area (Å²) in [5.41, 5.74) is 1.26. The molecule has 1 heterocycles. The number of nitrogens with zero attached hydrogens (tertiary/aromatic N) is 1. The third kappa shape index (κ3) is 2.92. The van der Waals surface area contributed by atoms with Gasteiger partial charge in [0.15, 0.2) is 0 Å². The van der Waals surface area contributed by atoms with E-state index in [-0.39, 0.29) is 5.41 Å². The van der Waals surface area contributed by atoms with Crippen molar-refractivity contribution in [1.82, 2.24) is 10.3 Å². The molecule has 0 aliphatic heterocycles. The average Bonchev–Trinajstić information content (AvgIpc) is 2.19. The SMILES string of the molecule is CC(C)(CNCC=O)c1ccncc1. The first-order valence-corrected chi connectivity index (χ1v) is 4.72. The summed E-state index contributed by atoms with van der Waals surface area (Å²) in [6.45, 7) is 5.48. The van der Waals surface area contributed by atoms with Crippen molar-refractivity contribution in [3.05, 3.63) is 30.1 Å². The summed E-state index contributed by atoms with van der Waals surface area (Å²) in [7, 11) is 0. The highest BCUT2D eigenvalue weighted by molar-refractivity contribution is 5.51. The van der Waals surface area contributed by atoms with Gasteiger partial charge in [-0.25, -0.2) is 0 Å². The molecule has 0 aliphatic rings. The van der Waals surface area contributed by atoms with Gasteiger partial charge in [-0.2, -0.15) is 0 Å². The van der Waals surface area contributed by atoms with Crippen molar-refractivity contribution in [2.24, 2.45) is 0 Å². The van der Waals surface area contributed by atoms with E-state index in [0.29, 0.717) is 6.54 Å². The molecule has 76 valence electrons. The Morgan fingerprint density at radius 2 is 2.07 bits per heavy atom. The minimum absolute atomic E-state index is 0.0337. The van der Waals surface area contributed by atoms with Crippen LogP contribution in [0.25, 0.3) is 0 Å². The summed E-state index contributed by atoms with van der Waals surface area (Å²) < 4.78 is 0. The molecule has 0 unspecified atom stereocenters. The molecule has 1 N–H and O–H groups in total.